The van der Waals surface area contributed by atoms with Crippen molar-refractivity contribution in [2.24, 2.45) is 5.73 Å². The third-order valence-corrected chi connectivity index (χ3v) is 3.11. The van der Waals surface area contributed by atoms with Gasteiger partial charge in [0, 0.05) is 5.56 Å². The van der Waals surface area contributed by atoms with E-state index in [-0.39, 0.29) is 12.1 Å². The quantitative estimate of drug-likeness (QED) is 0.802. The number of nitrogens with one attached hydrogen (secondary N) is 2. The van der Waals surface area contributed by atoms with Crippen LogP contribution < -0.4 is 16.4 Å². The average molecular weight is 337 g/mol. The molecule has 0 fully saturated rings. The first kappa shape index (κ1) is 17.5. The Morgan fingerprint density at radius 1 is 0.917 bits per heavy atom. The summed E-state index contributed by atoms with van der Waals surface area (Å²) < 4.78 is 37.6. The summed E-state index contributed by atoms with van der Waals surface area (Å²) in [5.74, 6) is -1.04. The van der Waals surface area contributed by atoms with Gasteiger partial charge >= 0.3 is 6.18 Å². The first-order chi connectivity index (χ1) is 11.3. The van der Waals surface area contributed by atoms with Gasteiger partial charge in [0.25, 0.3) is 5.91 Å². The van der Waals surface area contributed by atoms with Crippen LogP contribution in [0.3, 0.4) is 0 Å². The van der Waals surface area contributed by atoms with Gasteiger partial charge in [-0.15, -0.1) is 0 Å². The molecule has 2 rings (SSSR count). The Balaban J connectivity index is 2.17. The predicted molar refractivity (Wildman–Crippen MR) is 83.5 cm³/mol. The average Bonchev–Trinajstić information content (AvgIpc) is 2.55. The molecule has 5 nitrogen and oxygen atoms in total. The monoisotopic (exact) mass is 337 g/mol. The van der Waals surface area contributed by atoms with E-state index in [0.717, 1.165) is 24.3 Å². The van der Waals surface area contributed by atoms with Gasteiger partial charge in [0.05, 0.1) is 23.5 Å². The van der Waals surface area contributed by atoms with E-state index in [9.17, 15) is 22.8 Å². The van der Waals surface area contributed by atoms with E-state index < -0.39 is 23.6 Å². The molecule has 0 aliphatic heterocycles. The molecule has 0 aliphatic carbocycles. The van der Waals surface area contributed by atoms with Gasteiger partial charge in [-0.2, -0.15) is 13.2 Å². The fourth-order valence-corrected chi connectivity index (χ4v) is 1.91. The zero-order valence-corrected chi connectivity index (χ0v) is 12.4. The third-order valence-electron chi connectivity index (χ3n) is 3.11. The smallest absolute Gasteiger partial charge is 0.323 e. The van der Waals surface area contributed by atoms with Gasteiger partial charge in [-0.3, -0.25) is 9.59 Å². The van der Waals surface area contributed by atoms with E-state index >= 15 is 0 Å². The van der Waals surface area contributed by atoms with Crippen molar-refractivity contribution in [3.63, 3.8) is 0 Å². The summed E-state index contributed by atoms with van der Waals surface area (Å²) in [7, 11) is 0. The van der Waals surface area contributed by atoms with Crippen LogP contribution in [0.4, 0.5) is 24.5 Å². The molecule has 0 spiro atoms. The van der Waals surface area contributed by atoms with Crippen LogP contribution in [0.2, 0.25) is 0 Å². The number of hydrogen-bond acceptors (Lipinski definition) is 3. The SMILES string of the molecule is NCC(=O)Nc1ccccc1NC(=O)c1ccc(C(F)(F)F)cc1. The Bertz CT molecular complexity index is 743. The number of carbonyl (C=O) groups excluding carboxylic acids is 2. The molecule has 2 aromatic carbocycles. The molecule has 0 saturated heterocycles. The lowest BCUT2D eigenvalue weighted by Gasteiger charge is -2.12. The van der Waals surface area contributed by atoms with Gasteiger partial charge in [0.15, 0.2) is 0 Å². The molecule has 2 aromatic rings. The number of para-hydroxylation sites is 2. The van der Waals surface area contributed by atoms with E-state index in [1.807, 2.05) is 0 Å². The highest BCUT2D eigenvalue weighted by Crippen LogP contribution is 2.29. The first-order valence-corrected chi connectivity index (χ1v) is 6.89. The molecular formula is C16H14F3N3O2. The number of rotatable bonds is 4. The normalized spacial score (nSPS) is 11.0. The molecule has 8 heteroatoms. The van der Waals surface area contributed by atoms with Crippen LogP contribution >= 0.6 is 0 Å². The Morgan fingerprint density at radius 2 is 1.46 bits per heavy atom. The molecule has 0 heterocycles. The Hall–Kier alpha value is -2.87. The van der Waals surface area contributed by atoms with E-state index in [1.54, 1.807) is 24.3 Å². The second kappa shape index (κ2) is 7.14. The van der Waals surface area contributed by atoms with Crippen LogP contribution in [0, 0.1) is 0 Å². The van der Waals surface area contributed by atoms with Crippen molar-refractivity contribution in [3.05, 3.63) is 59.7 Å². The number of anilines is 2. The molecule has 0 radical (unpaired) electrons. The fourth-order valence-electron chi connectivity index (χ4n) is 1.91. The highest BCUT2D eigenvalue weighted by atomic mass is 19.4. The number of halogens is 3. The maximum Gasteiger partial charge on any atom is 0.416 e. The molecule has 0 unspecified atom stereocenters. The molecule has 0 atom stereocenters. The van der Waals surface area contributed by atoms with Crippen LogP contribution in [0.15, 0.2) is 48.5 Å². The second-order valence-corrected chi connectivity index (χ2v) is 4.83. The largest absolute Gasteiger partial charge is 0.416 e. The minimum absolute atomic E-state index is 0.0583. The van der Waals surface area contributed by atoms with Crippen LogP contribution in [0.25, 0.3) is 0 Å². The summed E-state index contributed by atoms with van der Waals surface area (Å²) in [6.45, 7) is -0.221. The maximum atomic E-state index is 12.5. The van der Waals surface area contributed by atoms with E-state index in [0.29, 0.717) is 11.4 Å². The molecule has 24 heavy (non-hydrogen) atoms. The first-order valence-electron chi connectivity index (χ1n) is 6.89. The summed E-state index contributed by atoms with van der Waals surface area (Å²) >= 11 is 0. The minimum atomic E-state index is -4.46. The summed E-state index contributed by atoms with van der Waals surface area (Å²) in [6.07, 6.45) is -4.46. The second-order valence-electron chi connectivity index (χ2n) is 4.83. The summed E-state index contributed by atoms with van der Waals surface area (Å²) in [6, 6.07) is 10.2. The van der Waals surface area contributed by atoms with Gasteiger partial charge in [0.1, 0.15) is 0 Å². The van der Waals surface area contributed by atoms with Crippen molar-refractivity contribution in [3.8, 4) is 0 Å². The highest BCUT2D eigenvalue weighted by molar-refractivity contribution is 6.07. The Labute approximate surface area is 135 Å². The van der Waals surface area contributed by atoms with Crippen LogP contribution in [-0.4, -0.2) is 18.4 Å². The van der Waals surface area contributed by atoms with E-state index in [1.165, 1.54) is 0 Å². The number of carbonyl (C=O) groups is 2. The van der Waals surface area contributed by atoms with Crippen molar-refractivity contribution in [1.29, 1.82) is 0 Å². The zero-order valence-electron chi connectivity index (χ0n) is 12.4. The molecule has 0 aliphatic rings. The Morgan fingerprint density at radius 3 is 1.96 bits per heavy atom. The molecule has 126 valence electrons. The summed E-state index contributed by atoms with van der Waals surface area (Å²) in [5.41, 5.74) is 5.09. The van der Waals surface area contributed by atoms with Gasteiger partial charge in [-0.25, -0.2) is 0 Å². The minimum Gasteiger partial charge on any atom is -0.323 e. The third kappa shape index (κ3) is 4.32. The number of benzene rings is 2. The fraction of sp³-hybridized carbons (Fsp3) is 0.125. The van der Waals surface area contributed by atoms with Crippen molar-refractivity contribution in [2.75, 3.05) is 17.2 Å². The highest BCUT2D eigenvalue weighted by Gasteiger charge is 2.30. The Kier molecular flexibility index (Phi) is 5.20. The lowest BCUT2D eigenvalue weighted by Crippen LogP contribution is -2.23. The standard InChI is InChI=1S/C16H14F3N3O2/c17-16(18,19)11-7-5-10(6-8-11)15(24)22-13-4-2-1-3-12(13)21-14(23)9-20/h1-8H,9,20H2,(H,21,23)(H,22,24). The molecule has 0 bridgehead atoms. The molecule has 4 N–H and O–H groups in total. The van der Waals surface area contributed by atoms with Gasteiger partial charge in [-0.1, -0.05) is 12.1 Å². The lowest BCUT2D eigenvalue weighted by molar-refractivity contribution is -0.137. The van der Waals surface area contributed by atoms with Crippen LogP contribution in [-0.2, 0) is 11.0 Å². The maximum absolute atomic E-state index is 12.5. The number of amides is 2. The van der Waals surface area contributed by atoms with Gasteiger partial charge in [-0.05, 0) is 36.4 Å². The van der Waals surface area contributed by atoms with Gasteiger partial charge in [0.2, 0.25) is 5.91 Å². The summed E-state index contributed by atoms with van der Waals surface area (Å²) in [4.78, 5) is 23.5. The van der Waals surface area contributed by atoms with Crippen molar-refractivity contribution >= 4 is 23.2 Å². The van der Waals surface area contributed by atoms with Crippen molar-refractivity contribution in [1.82, 2.24) is 0 Å². The van der Waals surface area contributed by atoms with Crippen LogP contribution in [0.1, 0.15) is 15.9 Å². The predicted octanol–water partition coefficient (Wildman–Crippen LogP) is 2.85. The summed E-state index contributed by atoms with van der Waals surface area (Å²) in [5, 5.41) is 5.06. The number of nitrogens with two attached hydrogens (primary N) is 1. The number of alkyl halides is 3. The molecular weight excluding hydrogens is 323 g/mol. The van der Waals surface area contributed by atoms with Crippen LogP contribution in [0.5, 0.6) is 0 Å². The van der Waals surface area contributed by atoms with Crippen molar-refractivity contribution in [2.45, 2.75) is 6.18 Å². The van der Waals surface area contributed by atoms with E-state index in [4.69, 9.17) is 5.73 Å². The molecule has 2 amide bonds. The van der Waals surface area contributed by atoms with Gasteiger partial charge < -0.3 is 16.4 Å². The van der Waals surface area contributed by atoms with Crippen molar-refractivity contribution < 1.29 is 22.8 Å². The zero-order chi connectivity index (χ0) is 17.7. The lowest BCUT2D eigenvalue weighted by atomic mass is 10.1. The molecule has 0 saturated carbocycles. The number of hydrogen-bond donors (Lipinski definition) is 3. The van der Waals surface area contributed by atoms with E-state index in [2.05, 4.69) is 10.6 Å². The molecule has 0 aromatic heterocycles. The topological polar surface area (TPSA) is 84.2 Å².